The molecule has 1 fully saturated rings. The maximum Gasteiger partial charge on any atom is 0.270 e. The van der Waals surface area contributed by atoms with E-state index in [9.17, 15) is 14.0 Å². The third-order valence-corrected chi connectivity index (χ3v) is 6.11. The van der Waals surface area contributed by atoms with E-state index < -0.39 is 17.6 Å². The molecular formula is C22H12ClFIN3O3S. The molecule has 0 saturated carbocycles. The molecule has 6 nitrogen and oxygen atoms in total. The second-order valence-electron chi connectivity index (χ2n) is 6.49. The molecule has 0 spiro atoms. The molecule has 0 unspecified atom stereocenters. The van der Waals surface area contributed by atoms with Crippen LogP contribution in [0.5, 0.6) is 11.5 Å². The van der Waals surface area contributed by atoms with Crippen LogP contribution in [0.15, 0.2) is 66.4 Å². The summed E-state index contributed by atoms with van der Waals surface area (Å²) in [5, 5.41) is 2.36. The van der Waals surface area contributed by atoms with Crippen molar-refractivity contribution < 1.29 is 18.7 Å². The van der Waals surface area contributed by atoms with Gasteiger partial charge < -0.3 is 4.74 Å². The zero-order valence-electron chi connectivity index (χ0n) is 16.0. The van der Waals surface area contributed by atoms with E-state index in [1.54, 1.807) is 46.9 Å². The summed E-state index contributed by atoms with van der Waals surface area (Å²) < 4.78 is 19.8. The quantitative estimate of drug-likeness (QED) is 0.153. The number of halogens is 3. The van der Waals surface area contributed by atoms with Gasteiger partial charge in [0.2, 0.25) is 0 Å². The van der Waals surface area contributed by atoms with E-state index >= 15 is 0 Å². The van der Waals surface area contributed by atoms with Crippen molar-refractivity contribution in [2.75, 3.05) is 4.90 Å². The van der Waals surface area contributed by atoms with Crippen molar-refractivity contribution in [3.8, 4) is 11.5 Å². The number of para-hydroxylation sites is 1. The summed E-state index contributed by atoms with van der Waals surface area (Å²) in [6.07, 6.45) is 2.18. The molecule has 4 rings (SSSR count). The summed E-state index contributed by atoms with van der Waals surface area (Å²) in [4.78, 5) is 30.5. The summed E-state index contributed by atoms with van der Waals surface area (Å²) in [7, 11) is 0. The second kappa shape index (κ2) is 9.31. The van der Waals surface area contributed by atoms with Crippen LogP contribution in [-0.4, -0.2) is 21.9 Å². The van der Waals surface area contributed by atoms with Crippen LogP contribution >= 0.6 is 46.4 Å². The van der Waals surface area contributed by atoms with Crippen LogP contribution in [0.4, 0.5) is 10.1 Å². The largest absolute Gasteiger partial charge is 0.457 e. The van der Waals surface area contributed by atoms with Gasteiger partial charge >= 0.3 is 0 Å². The van der Waals surface area contributed by atoms with Gasteiger partial charge in [-0.3, -0.25) is 19.8 Å². The average Bonchev–Trinajstić information content (AvgIpc) is 2.77. The smallest absolute Gasteiger partial charge is 0.270 e. The Bertz CT molecular complexity index is 1270. The first-order valence-corrected chi connectivity index (χ1v) is 11.0. The van der Waals surface area contributed by atoms with E-state index in [2.05, 4.69) is 10.3 Å². The third kappa shape index (κ3) is 4.50. The molecule has 1 aromatic heterocycles. The first-order chi connectivity index (χ1) is 15.3. The molecule has 2 amide bonds. The lowest BCUT2D eigenvalue weighted by Gasteiger charge is -2.29. The van der Waals surface area contributed by atoms with Crippen LogP contribution in [0, 0.1) is 9.39 Å². The Labute approximate surface area is 206 Å². The number of pyridine rings is 1. The number of ether oxygens (including phenoxy) is 1. The van der Waals surface area contributed by atoms with E-state index in [-0.39, 0.29) is 25.0 Å². The molecule has 10 heteroatoms. The van der Waals surface area contributed by atoms with Crippen molar-refractivity contribution in [3.63, 3.8) is 0 Å². The molecule has 1 aliphatic heterocycles. The lowest BCUT2D eigenvalue weighted by Crippen LogP contribution is -2.54. The van der Waals surface area contributed by atoms with Crippen molar-refractivity contribution in [2.24, 2.45) is 0 Å². The Morgan fingerprint density at radius 3 is 2.44 bits per heavy atom. The summed E-state index contributed by atoms with van der Waals surface area (Å²) in [6, 6.07) is 15.8. The predicted molar refractivity (Wildman–Crippen MR) is 131 cm³/mol. The Balaban J connectivity index is 1.65. The number of aromatic nitrogens is 1. The Morgan fingerprint density at radius 2 is 1.75 bits per heavy atom. The van der Waals surface area contributed by atoms with Crippen LogP contribution in [0.25, 0.3) is 6.08 Å². The summed E-state index contributed by atoms with van der Waals surface area (Å²) >= 11 is 13.0. The number of benzene rings is 2. The molecule has 32 heavy (non-hydrogen) atoms. The molecule has 2 heterocycles. The highest BCUT2D eigenvalue weighted by Crippen LogP contribution is 2.29. The van der Waals surface area contributed by atoms with Gasteiger partial charge in [0.15, 0.2) is 10.9 Å². The fourth-order valence-electron chi connectivity index (χ4n) is 2.91. The minimum absolute atomic E-state index is 0.0361. The van der Waals surface area contributed by atoms with Crippen molar-refractivity contribution in [1.82, 2.24) is 10.3 Å². The Hall–Kier alpha value is -2.89. The van der Waals surface area contributed by atoms with Crippen LogP contribution in [0.1, 0.15) is 5.56 Å². The summed E-state index contributed by atoms with van der Waals surface area (Å²) in [5.74, 6) is -0.783. The number of amides is 2. The highest BCUT2D eigenvalue weighted by atomic mass is 127. The minimum Gasteiger partial charge on any atom is -0.457 e. The number of rotatable bonds is 4. The van der Waals surface area contributed by atoms with E-state index in [1.807, 2.05) is 30.3 Å². The number of nitrogens with zero attached hydrogens (tertiary/aromatic N) is 2. The van der Waals surface area contributed by atoms with Gasteiger partial charge in [0.1, 0.15) is 22.2 Å². The Morgan fingerprint density at radius 1 is 1.09 bits per heavy atom. The van der Waals surface area contributed by atoms with Gasteiger partial charge in [-0.25, -0.2) is 9.37 Å². The fraction of sp³-hybridized carbons (Fsp3) is 0. The molecule has 0 radical (unpaired) electrons. The van der Waals surface area contributed by atoms with Crippen LogP contribution in [0.2, 0.25) is 5.15 Å². The Kier molecular flexibility index (Phi) is 6.49. The summed E-state index contributed by atoms with van der Waals surface area (Å²) in [5.41, 5.74) is 0.296. The lowest BCUT2D eigenvalue weighted by molar-refractivity contribution is -0.122. The van der Waals surface area contributed by atoms with Crippen molar-refractivity contribution in [1.29, 1.82) is 0 Å². The zero-order chi connectivity index (χ0) is 22.8. The molecule has 0 atom stereocenters. The number of nitrogens with one attached hydrogen (secondary N) is 1. The highest BCUT2D eigenvalue weighted by Gasteiger charge is 2.35. The standard InChI is InChI=1S/C22H12ClFIN3O3S/c23-19-15(18(25)17(24)11-26-19)10-16-20(29)27-22(32)28(21(16)30)12-6-8-14(9-7-12)31-13-4-2-1-3-5-13/h1-11H,(H,27,29,32)/b16-10+. The van der Waals surface area contributed by atoms with Gasteiger partial charge in [-0.05, 0) is 77.3 Å². The summed E-state index contributed by atoms with van der Waals surface area (Å²) in [6.45, 7) is 0. The van der Waals surface area contributed by atoms with Gasteiger partial charge in [0.25, 0.3) is 11.8 Å². The lowest BCUT2D eigenvalue weighted by atomic mass is 10.1. The number of hydrogen-bond acceptors (Lipinski definition) is 5. The molecule has 0 bridgehead atoms. The van der Waals surface area contributed by atoms with E-state index in [0.29, 0.717) is 17.2 Å². The highest BCUT2D eigenvalue weighted by molar-refractivity contribution is 14.1. The predicted octanol–water partition coefficient (Wildman–Crippen LogP) is 5.10. The van der Waals surface area contributed by atoms with E-state index in [4.69, 9.17) is 28.6 Å². The fourth-order valence-corrected chi connectivity index (χ4v) is 4.09. The molecule has 1 N–H and O–H groups in total. The topological polar surface area (TPSA) is 71.5 Å². The number of hydrogen-bond donors (Lipinski definition) is 1. The number of thiocarbonyl (C=S) groups is 1. The van der Waals surface area contributed by atoms with Gasteiger partial charge in [-0.1, -0.05) is 29.8 Å². The molecular weight excluding hydrogens is 568 g/mol. The molecule has 160 valence electrons. The van der Waals surface area contributed by atoms with Gasteiger partial charge in [-0.15, -0.1) is 0 Å². The van der Waals surface area contributed by atoms with Gasteiger partial charge in [-0.2, -0.15) is 0 Å². The SMILES string of the molecule is O=C1NC(=S)N(c2ccc(Oc3ccccc3)cc2)C(=O)/C1=C/c1c(Cl)ncc(F)c1I. The first-order valence-electron chi connectivity index (χ1n) is 9.09. The average molecular weight is 580 g/mol. The molecule has 1 saturated heterocycles. The number of carbonyl (C=O) groups is 2. The normalized spacial score (nSPS) is 15.2. The number of carbonyl (C=O) groups excluding carboxylic acids is 2. The van der Waals surface area contributed by atoms with Crippen molar-refractivity contribution >= 4 is 75.1 Å². The monoisotopic (exact) mass is 579 g/mol. The second-order valence-corrected chi connectivity index (χ2v) is 8.31. The van der Waals surface area contributed by atoms with Crippen LogP contribution in [-0.2, 0) is 9.59 Å². The van der Waals surface area contributed by atoms with E-state index in [1.165, 1.54) is 11.0 Å². The van der Waals surface area contributed by atoms with E-state index in [0.717, 1.165) is 6.20 Å². The molecule has 0 aliphatic carbocycles. The maximum absolute atomic E-state index is 13.9. The molecule has 1 aliphatic rings. The molecule has 2 aromatic carbocycles. The van der Waals surface area contributed by atoms with Crippen molar-refractivity contribution in [3.05, 3.63) is 86.5 Å². The van der Waals surface area contributed by atoms with Gasteiger partial charge in [0, 0.05) is 5.56 Å². The minimum atomic E-state index is -0.712. The maximum atomic E-state index is 13.9. The van der Waals surface area contributed by atoms with Crippen LogP contribution < -0.4 is 15.0 Å². The third-order valence-electron chi connectivity index (χ3n) is 4.42. The zero-order valence-corrected chi connectivity index (χ0v) is 19.7. The van der Waals surface area contributed by atoms with Crippen LogP contribution in [0.3, 0.4) is 0 Å². The van der Waals surface area contributed by atoms with Gasteiger partial charge in [0.05, 0.1) is 15.5 Å². The first kappa shape index (κ1) is 22.3. The molecule has 3 aromatic rings. The van der Waals surface area contributed by atoms with Crippen molar-refractivity contribution in [2.45, 2.75) is 0 Å². The number of anilines is 1.